The highest BCUT2D eigenvalue weighted by molar-refractivity contribution is 9.10. The maximum atomic E-state index is 12.1. The molecular formula is C14H23BrN4O. The number of nitrogens with two attached hydrogens (primary N) is 1. The van der Waals surface area contributed by atoms with Gasteiger partial charge in [0, 0.05) is 5.69 Å². The molecule has 1 aliphatic carbocycles. The molecule has 20 heavy (non-hydrogen) atoms. The zero-order chi connectivity index (χ0) is 14.9. The number of aromatic nitrogens is 2. The van der Waals surface area contributed by atoms with Gasteiger partial charge in [-0.15, -0.1) is 0 Å². The minimum atomic E-state index is -0.668. The lowest BCUT2D eigenvalue weighted by Gasteiger charge is -2.32. The van der Waals surface area contributed by atoms with Crippen LogP contribution in [-0.4, -0.2) is 27.8 Å². The van der Waals surface area contributed by atoms with E-state index in [0.29, 0.717) is 12.5 Å². The first-order valence-electron chi connectivity index (χ1n) is 7.16. The van der Waals surface area contributed by atoms with Crippen LogP contribution in [0.2, 0.25) is 0 Å². The summed E-state index contributed by atoms with van der Waals surface area (Å²) in [6, 6.07) is 0. The van der Waals surface area contributed by atoms with Gasteiger partial charge in [-0.05, 0) is 61.5 Å². The van der Waals surface area contributed by atoms with Crippen LogP contribution in [-0.2, 0) is 11.3 Å². The average Bonchev–Trinajstić information content (AvgIpc) is 3.21. The van der Waals surface area contributed by atoms with E-state index in [2.05, 4.69) is 33.3 Å². The molecule has 0 aromatic carbocycles. The Hall–Kier alpha value is -0.880. The highest BCUT2D eigenvalue weighted by Crippen LogP contribution is 2.41. The van der Waals surface area contributed by atoms with Crippen LogP contribution < -0.4 is 11.1 Å². The number of amides is 1. The lowest BCUT2D eigenvalue weighted by Crippen LogP contribution is -2.60. The number of nitrogens with one attached hydrogen (secondary N) is 1. The van der Waals surface area contributed by atoms with Crippen molar-refractivity contribution in [2.75, 3.05) is 6.54 Å². The van der Waals surface area contributed by atoms with Crippen LogP contribution >= 0.6 is 15.9 Å². The second kappa shape index (κ2) is 5.85. The van der Waals surface area contributed by atoms with Gasteiger partial charge in [0.1, 0.15) is 5.54 Å². The largest absolute Gasteiger partial charge is 0.368 e. The van der Waals surface area contributed by atoms with Crippen LogP contribution in [0, 0.1) is 19.8 Å². The van der Waals surface area contributed by atoms with Gasteiger partial charge in [-0.3, -0.25) is 9.48 Å². The van der Waals surface area contributed by atoms with Crippen molar-refractivity contribution in [1.29, 1.82) is 0 Å². The second-order valence-electron chi connectivity index (χ2n) is 5.68. The number of aryl methyl sites for hydroxylation is 1. The van der Waals surface area contributed by atoms with Crippen molar-refractivity contribution in [3.05, 3.63) is 15.9 Å². The SMILES string of the molecule is CCCNC(Cn1nc(C)c(Br)c1C)(C(N)=O)C1CC1. The van der Waals surface area contributed by atoms with Crippen LogP contribution in [0.1, 0.15) is 37.6 Å². The van der Waals surface area contributed by atoms with Crippen LogP contribution in [0.5, 0.6) is 0 Å². The van der Waals surface area contributed by atoms with E-state index in [-0.39, 0.29) is 5.91 Å². The molecule has 2 rings (SSSR count). The Morgan fingerprint density at radius 1 is 1.55 bits per heavy atom. The molecule has 6 heteroatoms. The van der Waals surface area contributed by atoms with Gasteiger partial charge < -0.3 is 11.1 Å². The molecule has 1 amide bonds. The maximum absolute atomic E-state index is 12.1. The highest BCUT2D eigenvalue weighted by atomic mass is 79.9. The number of halogens is 1. The topological polar surface area (TPSA) is 72.9 Å². The molecule has 0 radical (unpaired) electrons. The lowest BCUT2D eigenvalue weighted by atomic mass is 9.91. The molecule has 5 nitrogen and oxygen atoms in total. The molecule has 0 aliphatic heterocycles. The predicted molar refractivity (Wildman–Crippen MR) is 82.3 cm³/mol. The number of carbonyl (C=O) groups excluding carboxylic acids is 1. The van der Waals surface area contributed by atoms with Crippen molar-refractivity contribution in [2.45, 2.75) is 52.1 Å². The third-order valence-electron chi connectivity index (χ3n) is 4.10. The summed E-state index contributed by atoms with van der Waals surface area (Å²) in [4.78, 5) is 12.1. The number of carbonyl (C=O) groups is 1. The van der Waals surface area contributed by atoms with E-state index in [1.54, 1.807) is 0 Å². The van der Waals surface area contributed by atoms with Gasteiger partial charge in [-0.2, -0.15) is 5.10 Å². The Morgan fingerprint density at radius 3 is 2.60 bits per heavy atom. The Morgan fingerprint density at radius 2 is 2.20 bits per heavy atom. The first-order chi connectivity index (χ1) is 9.42. The number of hydrogen-bond donors (Lipinski definition) is 2. The second-order valence-corrected chi connectivity index (χ2v) is 6.47. The lowest BCUT2D eigenvalue weighted by molar-refractivity contribution is -0.126. The van der Waals surface area contributed by atoms with Gasteiger partial charge in [0.05, 0.1) is 16.7 Å². The van der Waals surface area contributed by atoms with Gasteiger partial charge >= 0.3 is 0 Å². The zero-order valence-electron chi connectivity index (χ0n) is 12.4. The molecule has 1 fully saturated rings. The molecule has 112 valence electrons. The van der Waals surface area contributed by atoms with E-state index < -0.39 is 5.54 Å². The van der Waals surface area contributed by atoms with Crippen LogP contribution in [0.3, 0.4) is 0 Å². The standard InChI is InChI=1S/C14H23BrN4O/c1-4-7-17-14(13(16)20,11-5-6-11)8-19-10(3)12(15)9(2)18-19/h11,17H,4-8H2,1-3H3,(H2,16,20). The number of nitrogens with zero attached hydrogens (tertiary/aromatic N) is 2. The molecule has 1 aliphatic rings. The van der Waals surface area contributed by atoms with E-state index in [0.717, 1.165) is 41.7 Å². The van der Waals surface area contributed by atoms with Gasteiger partial charge in [0.2, 0.25) is 5.91 Å². The van der Waals surface area contributed by atoms with E-state index in [1.165, 1.54) is 0 Å². The summed E-state index contributed by atoms with van der Waals surface area (Å²) in [5, 5.41) is 7.92. The predicted octanol–water partition coefficient (Wildman–Crippen LogP) is 1.90. The van der Waals surface area contributed by atoms with Gasteiger partial charge in [-0.1, -0.05) is 6.92 Å². The Labute approximate surface area is 128 Å². The van der Waals surface area contributed by atoms with Crippen LogP contribution in [0.25, 0.3) is 0 Å². The summed E-state index contributed by atoms with van der Waals surface area (Å²) in [5.41, 5.74) is 7.05. The Bertz CT molecular complexity index is 510. The molecular weight excluding hydrogens is 320 g/mol. The van der Waals surface area contributed by atoms with E-state index >= 15 is 0 Å². The molecule has 0 saturated heterocycles. The summed E-state index contributed by atoms with van der Waals surface area (Å²) in [6.07, 6.45) is 3.09. The number of primary amides is 1. The van der Waals surface area contributed by atoms with Crippen molar-refractivity contribution in [3.8, 4) is 0 Å². The third kappa shape index (κ3) is 2.76. The minimum absolute atomic E-state index is 0.267. The van der Waals surface area contributed by atoms with Gasteiger partial charge in [0.25, 0.3) is 0 Å². The zero-order valence-corrected chi connectivity index (χ0v) is 14.0. The smallest absolute Gasteiger partial charge is 0.239 e. The van der Waals surface area contributed by atoms with Gasteiger partial charge in [0.15, 0.2) is 0 Å². The molecule has 1 unspecified atom stereocenters. The molecule has 0 bridgehead atoms. The summed E-state index contributed by atoms with van der Waals surface area (Å²) >= 11 is 3.53. The number of hydrogen-bond acceptors (Lipinski definition) is 3. The molecule has 1 aromatic rings. The van der Waals surface area contributed by atoms with E-state index in [9.17, 15) is 4.79 Å². The molecule has 1 heterocycles. The van der Waals surface area contributed by atoms with Gasteiger partial charge in [-0.25, -0.2) is 0 Å². The normalized spacial score (nSPS) is 18.0. The van der Waals surface area contributed by atoms with E-state index in [1.807, 2.05) is 18.5 Å². The molecule has 3 N–H and O–H groups in total. The molecule has 1 saturated carbocycles. The Balaban J connectivity index is 2.31. The van der Waals surface area contributed by atoms with Crippen LogP contribution in [0.15, 0.2) is 4.47 Å². The maximum Gasteiger partial charge on any atom is 0.239 e. The summed E-state index contributed by atoms with van der Waals surface area (Å²) in [5.74, 6) is 0.0614. The molecule has 0 spiro atoms. The first-order valence-corrected chi connectivity index (χ1v) is 7.96. The minimum Gasteiger partial charge on any atom is -0.368 e. The fourth-order valence-electron chi connectivity index (χ4n) is 2.68. The van der Waals surface area contributed by atoms with Crippen molar-refractivity contribution in [1.82, 2.24) is 15.1 Å². The fraction of sp³-hybridized carbons (Fsp3) is 0.714. The van der Waals surface area contributed by atoms with E-state index in [4.69, 9.17) is 5.73 Å². The molecule has 1 aromatic heterocycles. The quantitative estimate of drug-likeness (QED) is 0.794. The van der Waals surface area contributed by atoms with Crippen molar-refractivity contribution >= 4 is 21.8 Å². The molecule has 1 atom stereocenters. The first kappa shape index (κ1) is 15.5. The van der Waals surface area contributed by atoms with Crippen molar-refractivity contribution in [2.24, 2.45) is 11.7 Å². The third-order valence-corrected chi connectivity index (χ3v) is 5.24. The summed E-state index contributed by atoms with van der Waals surface area (Å²) < 4.78 is 2.90. The average molecular weight is 343 g/mol. The highest BCUT2D eigenvalue weighted by Gasteiger charge is 2.50. The number of rotatable bonds is 7. The fourth-order valence-corrected chi connectivity index (χ4v) is 2.97. The van der Waals surface area contributed by atoms with Crippen molar-refractivity contribution < 1.29 is 4.79 Å². The summed E-state index contributed by atoms with van der Waals surface area (Å²) in [7, 11) is 0. The monoisotopic (exact) mass is 342 g/mol. The van der Waals surface area contributed by atoms with Crippen molar-refractivity contribution in [3.63, 3.8) is 0 Å². The van der Waals surface area contributed by atoms with Crippen LogP contribution in [0.4, 0.5) is 0 Å². The Kier molecular flexibility index (Phi) is 4.54. The summed E-state index contributed by atoms with van der Waals surface area (Å²) in [6.45, 7) is 7.34.